The van der Waals surface area contributed by atoms with Gasteiger partial charge in [-0.1, -0.05) is 30.3 Å². The van der Waals surface area contributed by atoms with Gasteiger partial charge in [-0.2, -0.15) is 0 Å². The van der Waals surface area contributed by atoms with Gasteiger partial charge < -0.3 is 23.7 Å². The summed E-state index contributed by atoms with van der Waals surface area (Å²) in [6, 6.07) is 27.8. The topological polar surface area (TPSA) is 70.0 Å². The van der Waals surface area contributed by atoms with E-state index in [2.05, 4.69) is 36.9 Å². The molecule has 0 atom stereocenters. The number of benzene rings is 4. The lowest BCUT2D eigenvalue weighted by Crippen LogP contribution is -2.21. The summed E-state index contributed by atoms with van der Waals surface area (Å²) in [5, 5.41) is 2.83. The average Bonchev–Trinajstić information content (AvgIpc) is 3.31. The SMILES string of the molecule is CCOC(=O)Cc1c(C(=O)OCC)c2cc(Oc3ccc4ccccc4c3)ccc2n1-c1ccc(N(CC)CC)cc1. The van der Waals surface area contributed by atoms with Crippen molar-refractivity contribution in [3.63, 3.8) is 0 Å². The highest BCUT2D eigenvalue weighted by molar-refractivity contribution is 6.08. The Hall–Kier alpha value is -4.78. The Balaban J connectivity index is 1.66. The molecule has 7 nitrogen and oxygen atoms in total. The van der Waals surface area contributed by atoms with Crippen molar-refractivity contribution in [2.75, 3.05) is 31.2 Å². The molecule has 7 heteroatoms. The zero-order chi connectivity index (χ0) is 29.6. The molecule has 0 aliphatic heterocycles. The number of fused-ring (bicyclic) bond motifs is 2. The smallest absolute Gasteiger partial charge is 0.340 e. The first kappa shape index (κ1) is 28.7. The number of anilines is 1. The lowest BCUT2D eigenvalue weighted by molar-refractivity contribution is -0.142. The zero-order valence-corrected chi connectivity index (χ0v) is 24.6. The number of hydrogen-bond donors (Lipinski definition) is 0. The molecule has 0 saturated heterocycles. The Morgan fingerprint density at radius 2 is 1.40 bits per heavy atom. The van der Waals surface area contributed by atoms with Gasteiger partial charge in [0.05, 0.1) is 30.7 Å². The van der Waals surface area contributed by atoms with Crippen LogP contribution in [0.5, 0.6) is 11.5 Å². The first-order chi connectivity index (χ1) is 20.5. The molecular formula is C35H36N2O5. The fraction of sp³-hybridized carbons (Fsp3) is 0.257. The van der Waals surface area contributed by atoms with Gasteiger partial charge in [0.15, 0.2) is 0 Å². The van der Waals surface area contributed by atoms with Crippen molar-refractivity contribution in [2.45, 2.75) is 34.1 Å². The summed E-state index contributed by atoms with van der Waals surface area (Å²) in [6.45, 7) is 10.0. The van der Waals surface area contributed by atoms with Crippen LogP contribution in [0.25, 0.3) is 27.4 Å². The van der Waals surface area contributed by atoms with Crippen LogP contribution in [0.4, 0.5) is 5.69 Å². The van der Waals surface area contributed by atoms with E-state index in [9.17, 15) is 9.59 Å². The van der Waals surface area contributed by atoms with Gasteiger partial charge in [0.2, 0.25) is 0 Å². The first-order valence-electron chi connectivity index (χ1n) is 14.5. The van der Waals surface area contributed by atoms with E-state index < -0.39 is 11.9 Å². The van der Waals surface area contributed by atoms with E-state index in [1.165, 1.54) is 0 Å². The first-order valence-corrected chi connectivity index (χ1v) is 14.5. The minimum atomic E-state index is -0.497. The molecule has 4 aromatic carbocycles. The highest BCUT2D eigenvalue weighted by Crippen LogP contribution is 2.36. The Kier molecular flexibility index (Phi) is 8.77. The molecule has 0 bridgehead atoms. The van der Waals surface area contributed by atoms with Gasteiger partial charge >= 0.3 is 11.9 Å². The standard InChI is InChI=1S/C35H36N2O5/c1-5-36(6-2)26-14-16-27(17-15-26)37-31-20-19-29(42-28-18-13-24-11-9-10-12-25(24)21-28)22-30(31)34(35(39)41-8-4)32(37)23-33(38)40-7-3/h9-22H,5-8,23H2,1-4H3. The summed E-state index contributed by atoms with van der Waals surface area (Å²) in [5.74, 6) is 0.339. The van der Waals surface area contributed by atoms with Crippen LogP contribution in [0.1, 0.15) is 43.7 Å². The summed E-state index contributed by atoms with van der Waals surface area (Å²) < 4.78 is 19.0. The van der Waals surface area contributed by atoms with E-state index in [1.807, 2.05) is 71.3 Å². The van der Waals surface area contributed by atoms with E-state index in [1.54, 1.807) is 13.8 Å². The second-order valence-corrected chi connectivity index (χ2v) is 9.84. The molecule has 42 heavy (non-hydrogen) atoms. The Bertz CT molecular complexity index is 1720. The molecule has 0 fully saturated rings. The number of esters is 2. The minimum Gasteiger partial charge on any atom is -0.466 e. The number of rotatable bonds is 11. The molecule has 0 aliphatic carbocycles. The van der Waals surface area contributed by atoms with E-state index in [-0.39, 0.29) is 19.6 Å². The summed E-state index contributed by atoms with van der Waals surface area (Å²) in [4.78, 5) is 28.5. The summed E-state index contributed by atoms with van der Waals surface area (Å²) in [6.07, 6.45) is -0.0880. The van der Waals surface area contributed by atoms with Crippen LogP contribution in [0.3, 0.4) is 0 Å². The highest BCUT2D eigenvalue weighted by atomic mass is 16.5. The molecule has 0 unspecified atom stereocenters. The highest BCUT2D eigenvalue weighted by Gasteiger charge is 2.27. The van der Waals surface area contributed by atoms with Crippen molar-refractivity contribution in [3.8, 4) is 17.2 Å². The van der Waals surface area contributed by atoms with Gasteiger partial charge in [-0.15, -0.1) is 0 Å². The molecule has 1 aromatic heterocycles. The van der Waals surface area contributed by atoms with Crippen molar-refractivity contribution in [3.05, 3.63) is 96.2 Å². The second-order valence-electron chi connectivity index (χ2n) is 9.84. The van der Waals surface area contributed by atoms with Gasteiger partial charge in [-0.3, -0.25) is 4.79 Å². The molecule has 0 radical (unpaired) electrons. The normalized spacial score (nSPS) is 11.0. The molecule has 0 saturated carbocycles. The van der Waals surface area contributed by atoms with Gasteiger partial charge in [0.25, 0.3) is 0 Å². The maximum Gasteiger partial charge on any atom is 0.340 e. The monoisotopic (exact) mass is 564 g/mol. The molecule has 0 N–H and O–H groups in total. The summed E-state index contributed by atoms with van der Waals surface area (Å²) in [7, 11) is 0. The predicted molar refractivity (Wildman–Crippen MR) is 167 cm³/mol. The average molecular weight is 565 g/mol. The van der Waals surface area contributed by atoms with Crippen LogP contribution < -0.4 is 9.64 Å². The molecule has 0 spiro atoms. The minimum absolute atomic E-state index is 0.0880. The Labute approximate surface area is 246 Å². The second kappa shape index (κ2) is 12.8. The largest absolute Gasteiger partial charge is 0.466 e. The molecular weight excluding hydrogens is 528 g/mol. The van der Waals surface area contributed by atoms with Crippen molar-refractivity contribution < 1.29 is 23.8 Å². The third kappa shape index (κ3) is 5.81. The number of ether oxygens (including phenoxy) is 3. The maximum atomic E-state index is 13.5. The predicted octanol–water partition coefficient (Wildman–Crippen LogP) is 7.70. The van der Waals surface area contributed by atoms with E-state index in [0.29, 0.717) is 28.1 Å². The lowest BCUT2D eigenvalue weighted by Gasteiger charge is -2.21. The van der Waals surface area contributed by atoms with Gasteiger partial charge in [-0.25, -0.2) is 4.79 Å². The number of hydrogen-bond acceptors (Lipinski definition) is 6. The molecule has 5 rings (SSSR count). The number of aromatic nitrogens is 1. The number of carbonyl (C=O) groups excluding carboxylic acids is 2. The van der Waals surface area contributed by atoms with Crippen LogP contribution in [0.2, 0.25) is 0 Å². The summed E-state index contributed by atoms with van der Waals surface area (Å²) in [5.41, 5.74) is 3.54. The fourth-order valence-corrected chi connectivity index (χ4v) is 5.40. The van der Waals surface area contributed by atoms with E-state index in [0.717, 1.165) is 40.8 Å². The van der Waals surface area contributed by atoms with Crippen molar-refractivity contribution in [1.82, 2.24) is 4.57 Å². The molecule has 1 heterocycles. The molecule has 0 amide bonds. The number of nitrogens with zero attached hydrogens (tertiary/aromatic N) is 2. The third-order valence-corrected chi connectivity index (χ3v) is 7.33. The Morgan fingerprint density at radius 1 is 0.738 bits per heavy atom. The van der Waals surface area contributed by atoms with Crippen LogP contribution >= 0.6 is 0 Å². The van der Waals surface area contributed by atoms with Crippen LogP contribution in [0, 0.1) is 0 Å². The summed E-state index contributed by atoms with van der Waals surface area (Å²) >= 11 is 0. The van der Waals surface area contributed by atoms with Crippen LogP contribution in [-0.4, -0.2) is 42.8 Å². The van der Waals surface area contributed by atoms with E-state index >= 15 is 0 Å². The van der Waals surface area contributed by atoms with Crippen molar-refractivity contribution in [2.24, 2.45) is 0 Å². The van der Waals surface area contributed by atoms with Gasteiger partial charge in [0, 0.05) is 35.5 Å². The maximum absolute atomic E-state index is 13.5. The van der Waals surface area contributed by atoms with Crippen LogP contribution in [-0.2, 0) is 20.7 Å². The molecule has 216 valence electrons. The van der Waals surface area contributed by atoms with Crippen LogP contribution in [0.15, 0.2) is 84.9 Å². The molecule has 0 aliphatic rings. The van der Waals surface area contributed by atoms with Crippen molar-refractivity contribution in [1.29, 1.82) is 0 Å². The lowest BCUT2D eigenvalue weighted by atomic mass is 10.1. The molecule has 5 aromatic rings. The fourth-order valence-electron chi connectivity index (χ4n) is 5.40. The van der Waals surface area contributed by atoms with Gasteiger partial charge in [0.1, 0.15) is 11.5 Å². The quantitative estimate of drug-likeness (QED) is 0.153. The third-order valence-electron chi connectivity index (χ3n) is 7.33. The van der Waals surface area contributed by atoms with Crippen molar-refractivity contribution >= 4 is 39.3 Å². The Morgan fingerprint density at radius 3 is 2.10 bits per heavy atom. The number of carbonyl (C=O) groups is 2. The zero-order valence-electron chi connectivity index (χ0n) is 24.6. The van der Waals surface area contributed by atoms with E-state index in [4.69, 9.17) is 14.2 Å². The van der Waals surface area contributed by atoms with Gasteiger partial charge in [-0.05, 0) is 93.1 Å².